The average molecular weight is 398 g/mol. The topological polar surface area (TPSA) is 80.9 Å². The zero-order chi connectivity index (χ0) is 19.6. The molecule has 1 amide bonds. The van der Waals surface area contributed by atoms with Gasteiger partial charge in [0.1, 0.15) is 11.9 Å². The van der Waals surface area contributed by atoms with E-state index in [9.17, 15) is 4.79 Å². The number of hydrogen-bond acceptors (Lipinski definition) is 7. The van der Waals surface area contributed by atoms with Crippen LogP contribution in [0.1, 0.15) is 31.0 Å². The molecule has 2 aliphatic heterocycles. The van der Waals surface area contributed by atoms with Gasteiger partial charge in [-0.1, -0.05) is 17.3 Å². The van der Waals surface area contributed by atoms with E-state index < -0.39 is 0 Å². The molecule has 1 unspecified atom stereocenters. The number of para-hydroxylation sites is 1. The first kappa shape index (κ1) is 18.6. The summed E-state index contributed by atoms with van der Waals surface area (Å²) in [6.45, 7) is 4.83. The van der Waals surface area contributed by atoms with Crippen molar-refractivity contribution in [3.8, 4) is 17.2 Å². The van der Waals surface area contributed by atoms with Gasteiger partial charge in [0.2, 0.25) is 5.91 Å². The quantitative estimate of drug-likeness (QED) is 0.735. The maximum Gasteiger partial charge on any atom is 0.261 e. The first-order valence-electron chi connectivity index (χ1n) is 10.4. The zero-order valence-electron chi connectivity index (χ0n) is 16.5. The van der Waals surface area contributed by atoms with Crippen LogP contribution in [-0.2, 0) is 9.53 Å². The molecule has 8 heteroatoms. The fourth-order valence-electron chi connectivity index (χ4n) is 3.88. The van der Waals surface area contributed by atoms with Crippen LogP contribution in [0, 0.1) is 0 Å². The summed E-state index contributed by atoms with van der Waals surface area (Å²) in [5.74, 6) is 2.63. The van der Waals surface area contributed by atoms with Gasteiger partial charge in [0.25, 0.3) is 5.89 Å². The number of ether oxygens (including phenoxy) is 2. The number of likely N-dealkylation sites (tertiary alicyclic amines) is 1. The van der Waals surface area contributed by atoms with Crippen LogP contribution in [0.15, 0.2) is 28.8 Å². The van der Waals surface area contributed by atoms with E-state index in [-0.39, 0.29) is 12.0 Å². The summed E-state index contributed by atoms with van der Waals surface area (Å²) in [7, 11) is 0. The van der Waals surface area contributed by atoms with Crippen molar-refractivity contribution in [1.82, 2.24) is 19.9 Å². The molecule has 5 rings (SSSR count). The van der Waals surface area contributed by atoms with E-state index in [0.29, 0.717) is 38.1 Å². The first-order chi connectivity index (χ1) is 14.3. The third-order valence-electron chi connectivity index (χ3n) is 5.76. The summed E-state index contributed by atoms with van der Waals surface area (Å²) in [6, 6.07) is 7.74. The Balaban J connectivity index is 1.21. The third kappa shape index (κ3) is 4.28. The molecule has 29 heavy (non-hydrogen) atoms. The highest BCUT2D eigenvalue weighted by Crippen LogP contribution is 2.39. The van der Waals surface area contributed by atoms with Crippen LogP contribution in [0.4, 0.5) is 0 Å². The molecule has 1 saturated carbocycles. The minimum Gasteiger partial charge on any atom is -0.488 e. The van der Waals surface area contributed by atoms with Crippen LogP contribution in [0.2, 0.25) is 0 Å². The SMILES string of the molecule is O=C(CN1CCOCC1)N1CCC(Oc2ccccc2-c2nc(C3CC3)no2)C1. The van der Waals surface area contributed by atoms with E-state index in [2.05, 4.69) is 15.0 Å². The second-order valence-electron chi connectivity index (χ2n) is 7.98. The Morgan fingerprint density at radius 2 is 1.97 bits per heavy atom. The molecule has 1 aromatic heterocycles. The second kappa shape index (κ2) is 8.12. The molecular formula is C21H26N4O4. The van der Waals surface area contributed by atoms with Gasteiger partial charge >= 0.3 is 0 Å². The van der Waals surface area contributed by atoms with Gasteiger partial charge < -0.3 is 18.9 Å². The molecule has 3 aliphatic rings. The van der Waals surface area contributed by atoms with Crippen molar-refractivity contribution in [2.45, 2.75) is 31.3 Å². The Hall–Kier alpha value is -2.45. The third-order valence-corrected chi connectivity index (χ3v) is 5.76. The lowest BCUT2D eigenvalue weighted by Crippen LogP contribution is -2.44. The van der Waals surface area contributed by atoms with E-state index in [1.165, 1.54) is 0 Å². The molecule has 0 bridgehead atoms. The first-order valence-corrected chi connectivity index (χ1v) is 10.4. The predicted molar refractivity (Wildman–Crippen MR) is 105 cm³/mol. The lowest BCUT2D eigenvalue weighted by atomic mass is 10.2. The van der Waals surface area contributed by atoms with Crippen LogP contribution in [0.5, 0.6) is 5.75 Å². The number of aromatic nitrogens is 2. The van der Waals surface area contributed by atoms with Crippen molar-refractivity contribution in [2.24, 2.45) is 0 Å². The lowest BCUT2D eigenvalue weighted by Gasteiger charge is -2.28. The minimum atomic E-state index is -0.0318. The summed E-state index contributed by atoms with van der Waals surface area (Å²) in [5, 5.41) is 4.11. The molecule has 8 nitrogen and oxygen atoms in total. The summed E-state index contributed by atoms with van der Waals surface area (Å²) < 4.78 is 17.1. The minimum absolute atomic E-state index is 0.0318. The van der Waals surface area contributed by atoms with Crippen molar-refractivity contribution in [3.05, 3.63) is 30.1 Å². The summed E-state index contributed by atoms with van der Waals surface area (Å²) in [6.07, 6.45) is 3.05. The molecule has 2 aromatic rings. The highest BCUT2D eigenvalue weighted by Gasteiger charge is 2.31. The van der Waals surface area contributed by atoms with Gasteiger partial charge in [-0.3, -0.25) is 9.69 Å². The molecule has 0 spiro atoms. The van der Waals surface area contributed by atoms with Crippen molar-refractivity contribution in [3.63, 3.8) is 0 Å². The monoisotopic (exact) mass is 398 g/mol. The molecule has 0 radical (unpaired) electrons. The Bertz CT molecular complexity index is 860. The standard InChI is InChI=1S/C21H26N4O4/c26-19(14-24-9-11-27-12-10-24)25-8-7-16(13-25)28-18-4-2-1-3-17(18)21-22-20(23-29-21)15-5-6-15/h1-4,15-16H,5-14H2. The average Bonchev–Trinajstić information content (AvgIpc) is 3.29. The number of amides is 1. The number of carbonyl (C=O) groups excluding carboxylic acids is 1. The summed E-state index contributed by atoms with van der Waals surface area (Å²) in [4.78, 5) is 21.2. The molecular weight excluding hydrogens is 372 g/mol. The van der Waals surface area contributed by atoms with E-state index in [1.807, 2.05) is 29.2 Å². The lowest BCUT2D eigenvalue weighted by molar-refractivity contribution is -0.132. The van der Waals surface area contributed by atoms with Crippen LogP contribution in [-0.4, -0.2) is 77.9 Å². The Kier molecular flexibility index (Phi) is 5.20. The van der Waals surface area contributed by atoms with Crippen LogP contribution in [0.25, 0.3) is 11.5 Å². The highest BCUT2D eigenvalue weighted by atomic mass is 16.5. The fraction of sp³-hybridized carbons (Fsp3) is 0.571. The molecule has 1 aliphatic carbocycles. The Morgan fingerprint density at radius 1 is 1.14 bits per heavy atom. The fourth-order valence-corrected chi connectivity index (χ4v) is 3.88. The normalized spacial score (nSPS) is 22.8. The maximum atomic E-state index is 12.6. The number of nitrogens with zero attached hydrogens (tertiary/aromatic N) is 4. The van der Waals surface area contributed by atoms with E-state index in [1.54, 1.807) is 0 Å². The number of carbonyl (C=O) groups is 1. The molecule has 154 valence electrons. The molecule has 2 saturated heterocycles. The Labute approximate surface area is 169 Å². The van der Waals surface area contributed by atoms with Gasteiger partial charge in [-0.05, 0) is 25.0 Å². The number of hydrogen-bond donors (Lipinski definition) is 0. The number of morpholine rings is 1. The van der Waals surface area contributed by atoms with Gasteiger partial charge in [0.15, 0.2) is 5.82 Å². The second-order valence-corrected chi connectivity index (χ2v) is 7.98. The van der Waals surface area contributed by atoms with Gasteiger partial charge in [0.05, 0.1) is 31.9 Å². The van der Waals surface area contributed by atoms with Crippen molar-refractivity contribution in [2.75, 3.05) is 45.9 Å². The molecule has 1 atom stereocenters. The van der Waals surface area contributed by atoms with Crippen molar-refractivity contribution >= 4 is 5.91 Å². The highest BCUT2D eigenvalue weighted by molar-refractivity contribution is 5.78. The van der Waals surface area contributed by atoms with Crippen molar-refractivity contribution < 1.29 is 18.8 Å². The molecule has 1 aromatic carbocycles. The molecule has 0 N–H and O–H groups in total. The number of benzene rings is 1. The van der Waals surface area contributed by atoms with E-state index >= 15 is 0 Å². The molecule has 3 heterocycles. The number of rotatable bonds is 6. The predicted octanol–water partition coefficient (Wildman–Crippen LogP) is 1.93. The van der Waals surface area contributed by atoms with Crippen LogP contribution in [0.3, 0.4) is 0 Å². The Morgan fingerprint density at radius 3 is 2.79 bits per heavy atom. The largest absolute Gasteiger partial charge is 0.488 e. The van der Waals surface area contributed by atoms with Gasteiger partial charge in [-0.15, -0.1) is 0 Å². The maximum absolute atomic E-state index is 12.6. The summed E-state index contributed by atoms with van der Waals surface area (Å²) >= 11 is 0. The molecule has 3 fully saturated rings. The summed E-state index contributed by atoms with van der Waals surface area (Å²) in [5.41, 5.74) is 0.810. The smallest absolute Gasteiger partial charge is 0.261 e. The van der Waals surface area contributed by atoms with Gasteiger partial charge in [-0.2, -0.15) is 4.98 Å². The van der Waals surface area contributed by atoms with Crippen LogP contribution >= 0.6 is 0 Å². The van der Waals surface area contributed by atoms with Crippen LogP contribution < -0.4 is 4.74 Å². The zero-order valence-corrected chi connectivity index (χ0v) is 16.5. The van der Waals surface area contributed by atoms with E-state index in [0.717, 1.165) is 56.0 Å². The van der Waals surface area contributed by atoms with Gasteiger partial charge in [-0.25, -0.2) is 0 Å². The van der Waals surface area contributed by atoms with E-state index in [4.69, 9.17) is 14.0 Å². The van der Waals surface area contributed by atoms with Gasteiger partial charge in [0, 0.05) is 32.0 Å². The van der Waals surface area contributed by atoms with Crippen molar-refractivity contribution in [1.29, 1.82) is 0 Å².